The van der Waals surface area contributed by atoms with E-state index < -0.39 is 0 Å². The van der Waals surface area contributed by atoms with Crippen molar-refractivity contribution in [2.75, 3.05) is 13.1 Å². The number of aromatic nitrogens is 2. The summed E-state index contributed by atoms with van der Waals surface area (Å²) in [6.45, 7) is 3.78. The number of hydrogen-bond acceptors (Lipinski definition) is 2. The summed E-state index contributed by atoms with van der Waals surface area (Å²) in [6, 6.07) is 3.91. The molecule has 2 aromatic heterocycles. The number of fused-ring (bicyclic) bond motifs is 1. The molecule has 112 valence electrons. The van der Waals surface area contributed by atoms with Crippen LogP contribution >= 0.6 is 15.9 Å². The lowest BCUT2D eigenvalue weighted by Crippen LogP contribution is -2.33. The second-order valence-corrected chi connectivity index (χ2v) is 6.46. The van der Waals surface area contributed by atoms with E-state index in [1.807, 2.05) is 27.6 Å². The van der Waals surface area contributed by atoms with Crippen LogP contribution < -0.4 is 0 Å². The van der Waals surface area contributed by atoms with Gasteiger partial charge in [0.2, 0.25) is 0 Å². The molecule has 0 aromatic carbocycles. The topological polar surface area (TPSA) is 37.6 Å². The molecule has 0 unspecified atom stereocenters. The van der Waals surface area contributed by atoms with Crippen molar-refractivity contribution in [2.45, 2.75) is 39.0 Å². The quantitative estimate of drug-likeness (QED) is 0.829. The summed E-state index contributed by atoms with van der Waals surface area (Å²) >= 11 is 3.48. The van der Waals surface area contributed by atoms with Crippen LogP contribution in [0.2, 0.25) is 0 Å². The van der Waals surface area contributed by atoms with Gasteiger partial charge in [0.15, 0.2) is 0 Å². The molecule has 1 saturated heterocycles. The Hall–Kier alpha value is -1.36. The zero-order valence-corrected chi connectivity index (χ0v) is 13.9. The number of imidazole rings is 1. The van der Waals surface area contributed by atoms with E-state index in [1.165, 1.54) is 12.8 Å². The summed E-state index contributed by atoms with van der Waals surface area (Å²) in [6.07, 6.45) is 7.37. The molecule has 1 amide bonds. The van der Waals surface area contributed by atoms with Crippen molar-refractivity contribution in [2.24, 2.45) is 0 Å². The highest BCUT2D eigenvalue weighted by Gasteiger charge is 2.24. The molecule has 0 saturated carbocycles. The van der Waals surface area contributed by atoms with Crippen LogP contribution in [0, 0.1) is 0 Å². The van der Waals surface area contributed by atoms with Crippen molar-refractivity contribution in [1.29, 1.82) is 0 Å². The first-order valence-electron chi connectivity index (χ1n) is 7.66. The van der Waals surface area contributed by atoms with Gasteiger partial charge in [-0.2, -0.15) is 0 Å². The SMILES string of the molecule is CCc1nc2ccc(Br)cn2c1C(=O)N1CCCCCC1. The van der Waals surface area contributed by atoms with Crippen molar-refractivity contribution in [3.63, 3.8) is 0 Å². The number of rotatable bonds is 2. The van der Waals surface area contributed by atoms with Gasteiger partial charge < -0.3 is 4.90 Å². The third-order valence-electron chi connectivity index (χ3n) is 4.09. The molecule has 0 atom stereocenters. The minimum absolute atomic E-state index is 0.124. The van der Waals surface area contributed by atoms with Gasteiger partial charge in [0.05, 0.1) is 5.69 Å². The highest BCUT2D eigenvalue weighted by atomic mass is 79.9. The molecule has 1 aliphatic rings. The van der Waals surface area contributed by atoms with E-state index in [2.05, 4.69) is 27.8 Å². The Morgan fingerprint density at radius 1 is 1.24 bits per heavy atom. The van der Waals surface area contributed by atoms with Crippen LogP contribution in [-0.4, -0.2) is 33.3 Å². The fourth-order valence-corrected chi connectivity index (χ4v) is 3.30. The number of carbonyl (C=O) groups excluding carboxylic acids is 1. The Labute approximate surface area is 133 Å². The zero-order valence-electron chi connectivity index (χ0n) is 12.3. The summed E-state index contributed by atoms with van der Waals surface area (Å²) in [4.78, 5) is 19.6. The Morgan fingerprint density at radius 2 is 1.95 bits per heavy atom. The highest BCUT2D eigenvalue weighted by molar-refractivity contribution is 9.10. The van der Waals surface area contributed by atoms with Crippen LogP contribution in [0.15, 0.2) is 22.8 Å². The van der Waals surface area contributed by atoms with E-state index >= 15 is 0 Å². The molecule has 0 N–H and O–H groups in total. The Morgan fingerprint density at radius 3 is 2.62 bits per heavy atom. The molecule has 0 spiro atoms. The third-order valence-corrected chi connectivity index (χ3v) is 4.55. The van der Waals surface area contributed by atoms with E-state index in [0.29, 0.717) is 0 Å². The maximum absolute atomic E-state index is 13.0. The minimum atomic E-state index is 0.124. The molecule has 5 heteroatoms. The lowest BCUT2D eigenvalue weighted by atomic mass is 10.2. The number of nitrogens with zero attached hydrogens (tertiary/aromatic N) is 3. The van der Waals surface area contributed by atoms with Gasteiger partial charge in [-0.1, -0.05) is 19.8 Å². The number of halogens is 1. The van der Waals surface area contributed by atoms with E-state index in [9.17, 15) is 4.79 Å². The number of pyridine rings is 1. The zero-order chi connectivity index (χ0) is 14.8. The van der Waals surface area contributed by atoms with E-state index in [4.69, 9.17) is 0 Å². The molecule has 3 heterocycles. The Balaban J connectivity index is 2.04. The lowest BCUT2D eigenvalue weighted by Gasteiger charge is -2.20. The van der Waals surface area contributed by atoms with Gasteiger partial charge in [-0.05, 0) is 47.3 Å². The van der Waals surface area contributed by atoms with Crippen LogP contribution in [0.1, 0.15) is 48.8 Å². The van der Waals surface area contributed by atoms with Crippen LogP contribution in [0.5, 0.6) is 0 Å². The first-order valence-corrected chi connectivity index (χ1v) is 8.45. The molecule has 1 aliphatic heterocycles. The second kappa shape index (κ2) is 6.18. The van der Waals surface area contributed by atoms with Crippen LogP contribution in [0.3, 0.4) is 0 Å². The van der Waals surface area contributed by atoms with Gasteiger partial charge >= 0.3 is 0 Å². The van der Waals surface area contributed by atoms with Gasteiger partial charge in [0.1, 0.15) is 11.3 Å². The van der Waals surface area contributed by atoms with Crippen LogP contribution in [-0.2, 0) is 6.42 Å². The fraction of sp³-hybridized carbons (Fsp3) is 0.500. The normalized spacial score (nSPS) is 16.2. The molecule has 0 bridgehead atoms. The monoisotopic (exact) mass is 349 g/mol. The van der Waals surface area contributed by atoms with Crippen molar-refractivity contribution < 1.29 is 4.79 Å². The predicted octanol–water partition coefficient (Wildman–Crippen LogP) is 3.68. The third kappa shape index (κ3) is 2.84. The molecule has 3 rings (SSSR count). The van der Waals surface area contributed by atoms with Gasteiger partial charge in [-0.3, -0.25) is 9.20 Å². The molecule has 0 aliphatic carbocycles. The highest BCUT2D eigenvalue weighted by Crippen LogP contribution is 2.20. The summed E-state index contributed by atoms with van der Waals surface area (Å²) in [7, 11) is 0. The maximum atomic E-state index is 13.0. The summed E-state index contributed by atoms with van der Waals surface area (Å²) in [5.41, 5.74) is 2.46. The summed E-state index contributed by atoms with van der Waals surface area (Å²) in [5.74, 6) is 0.124. The van der Waals surface area contributed by atoms with Crippen LogP contribution in [0.25, 0.3) is 5.65 Å². The van der Waals surface area contributed by atoms with E-state index in [-0.39, 0.29) is 5.91 Å². The molecular weight excluding hydrogens is 330 g/mol. The molecule has 21 heavy (non-hydrogen) atoms. The van der Waals surface area contributed by atoms with E-state index in [0.717, 1.165) is 53.9 Å². The number of aryl methyl sites for hydroxylation is 1. The molecular formula is C16H20BrN3O. The number of amides is 1. The van der Waals surface area contributed by atoms with E-state index in [1.54, 1.807) is 0 Å². The molecule has 0 radical (unpaired) electrons. The Bertz CT molecular complexity index is 657. The number of hydrogen-bond donors (Lipinski definition) is 0. The minimum Gasteiger partial charge on any atom is -0.337 e. The van der Waals surface area contributed by atoms with Crippen molar-refractivity contribution in [3.8, 4) is 0 Å². The number of likely N-dealkylation sites (tertiary alicyclic amines) is 1. The summed E-state index contributed by atoms with van der Waals surface area (Å²) in [5, 5.41) is 0. The van der Waals surface area contributed by atoms with Gasteiger partial charge in [-0.25, -0.2) is 4.98 Å². The van der Waals surface area contributed by atoms with Crippen molar-refractivity contribution in [3.05, 3.63) is 34.2 Å². The summed E-state index contributed by atoms with van der Waals surface area (Å²) < 4.78 is 2.89. The van der Waals surface area contributed by atoms with Crippen molar-refractivity contribution >= 4 is 27.5 Å². The largest absolute Gasteiger partial charge is 0.337 e. The number of carbonyl (C=O) groups is 1. The molecule has 1 fully saturated rings. The van der Waals surface area contributed by atoms with Gasteiger partial charge in [0.25, 0.3) is 5.91 Å². The predicted molar refractivity (Wildman–Crippen MR) is 86.6 cm³/mol. The maximum Gasteiger partial charge on any atom is 0.272 e. The standard InChI is InChI=1S/C16H20BrN3O/c1-2-13-15(16(21)19-9-5-3-4-6-10-19)20-11-12(17)7-8-14(20)18-13/h7-8,11H,2-6,9-10H2,1H3. The fourth-order valence-electron chi connectivity index (χ4n) is 2.96. The van der Waals surface area contributed by atoms with Crippen LogP contribution in [0.4, 0.5) is 0 Å². The van der Waals surface area contributed by atoms with Crippen molar-refractivity contribution in [1.82, 2.24) is 14.3 Å². The second-order valence-electron chi connectivity index (χ2n) is 5.54. The molecule has 4 nitrogen and oxygen atoms in total. The first kappa shape index (κ1) is 14.6. The molecule has 2 aromatic rings. The first-order chi connectivity index (χ1) is 10.2. The average molecular weight is 350 g/mol. The average Bonchev–Trinajstić information content (AvgIpc) is 2.66. The lowest BCUT2D eigenvalue weighted by molar-refractivity contribution is 0.0753. The van der Waals surface area contributed by atoms with Gasteiger partial charge in [-0.15, -0.1) is 0 Å². The Kier molecular flexibility index (Phi) is 4.29. The van der Waals surface area contributed by atoms with Gasteiger partial charge in [0, 0.05) is 23.8 Å². The smallest absolute Gasteiger partial charge is 0.272 e.